The summed E-state index contributed by atoms with van der Waals surface area (Å²) in [6, 6.07) is 0. The third-order valence-corrected chi connectivity index (χ3v) is 3.28. The quantitative estimate of drug-likeness (QED) is 0.524. The first-order valence-corrected chi connectivity index (χ1v) is 6.49. The highest BCUT2D eigenvalue weighted by molar-refractivity contribution is 14.1. The van der Waals surface area contributed by atoms with Gasteiger partial charge in [0.2, 0.25) is 0 Å². The second-order valence-electron chi connectivity index (χ2n) is 3.64. The monoisotopic (exact) mass is 334 g/mol. The highest BCUT2D eigenvalue weighted by atomic mass is 127. The predicted octanol–water partition coefficient (Wildman–Crippen LogP) is 3.45. The van der Waals surface area contributed by atoms with Gasteiger partial charge in [-0.25, -0.2) is 0 Å². The second-order valence-corrected chi connectivity index (χ2v) is 6.24. The molecule has 2 nitrogen and oxygen atoms in total. The van der Waals surface area contributed by atoms with Gasteiger partial charge in [0.15, 0.2) is 0 Å². The molecular weight excluding hydrogens is 314 g/mol. The Hall–Kier alpha value is 0.940. The van der Waals surface area contributed by atoms with Crippen molar-refractivity contribution in [2.45, 2.75) is 36.9 Å². The minimum atomic E-state index is -0.116. The Bertz CT molecular complexity index is 149. The van der Waals surface area contributed by atoms with E-state index < -0.39 is 0 Å². The molecule has 0 fully saturated rings. The summed E-state index contributed by atoms with van der Waals surface area (Å²) in [6.07, 6.45) is 1.07. The number of alkyl halides is 2. The molecule has 2 unspecified atom stereocenters. The molecule has 0 bridgehead atoms. The summed E-state index contributed by atoms with van der Waals surface area (Å²) in [4.78, 5) is 0. The molecule has 0 saturated carbocycles. The fourth-order valence-electron chi connectivity index (χ4n) is 1.51. The summed E-state index contributed by atoms with van der Waals surface area (Å²) < 4.78 is 10.8. The van der Waals surface area contributed by atoms with Gasteiger partial charge in [-0.2, -0.15) is 0 Å². The molecule has 14 heavy (non-hydrogen) atoms. The van der Waals surface area contributed by atoms with Crippen molar-refractivity contribution in [2.24, 2.45) is 5.92 Å². The normalized spacial score (nSPS) is 20.1. The van der Waals surface area contributed by atoms with Crippen LogP contribution in [0.3, 0.4) is 0 Å². The van der Waals surface area contributed by atoms with Crippen LogP contribution >= 0.6 is 34.2 Å². The van der Waals surface area contributed by atoms with Crippen LogP contribution in [0.15, 0.2) is 0 Å². The van der Waals surface area contributed by atoms with Crippen LogP contribution in [0.25, 0.3) is 0 Å². The molecule has 0 radical (unpaired) electrons. The zero-order valence-corrected chi connectivity index (χ0v) is 12.3. The molecule has 3 atom stereocenters. The standard InChI is InChI=1S/C10H20ClIO2/c1-5-14-10(3,12)6-8(2)9(7-11)13-4/h8-9H,5-7H2,1-4H3/t8-,9?,10?/m1/s1. The molecule has 0 aromatic carbocycles. The molecule has 0 saturated heterocycles. The summed E-state index contributed by atoms with van der Waals surface area (Å²) in [6.45, 7) is 6.99. The molecule has 0 rings (SSSR count). The van der Waals surface area contributed by atoms with Crippen molar-refractivity contribution in [3.05, 3.63) is 0 Å². The van der Waals surface area contributed by atoms with E-state index in [1.165, 1.54) is 0 Å². The summed E-state index contributed by atoms with van der Waals surface area (Å²) in [5.41, 5.74) is 0. The predicted molar refractivity (Wildman–Crippen MR) is 69.3 cm³/mol. The van der Waals surface area contributed by atoms with E-state index in [-0.39, 0.29) is 9.71 Å². The molecule has 0 N–H and O–H groups in total. The van der Waals surface area contributed by atoms with Gasteiger partial charge < -0.3 is 9.47 Å². The molecule has 86 valence electrons. The largest absolute Gasteiger partial charge is 0.380 e. The highest BCUT2D eigenvalue weighted by Gasteiger charge is 2.27. The van der Waals surface area contributed by atoms with Gasteiger partial charge >= 0.3 is 0 Å². The van der Waals surface area contributed by atoms with Gasteiger partial charge in [0.1, 0.15) is 3.61 Å². The molecule has 0 spiro atoms. The van der Waals surface area contributed by atoms with Gasteiger partial charge in [-0.15, -0.1) is 11.6 Å². The van der Waals surface area contributed by atoms with Crippen molar-refractivity contribution in [1.29, 1.82) is 0 Å². The van der Waals surface area contributed by atoms with E-state index >= 15 is 0 Å². The van der Waals surface area contributed by atoms with Crippen molar-refractivity contribution in [2.75, 3.05) is 19.6 Å². The lowest BCUT2D eigenvalue weighted by Crippen LogP contribution is -2.30. The Morgan fingerprint density at radius 3 is 2.43 bits per heavy atom. The first-order chi connectivity index (χ1) is 6.46. The summed E-state index contributed by atoms with van der Waals surface area (Å²) in [5, 5.41) is 0. The van der Waals surface area contributed by atoms with Crippen LogP contribution < -0.4 is 0 Å². The van der Waals surface area contributed by atoms with Gasteiger partial charge in [0.25, 0.3) is 0 Å². The van der Waals surface area contributed by atoms with Gasteiger partial charge in [-0.05, 0) is 48.8 Å². The topological polar surface area (TPSA) is 18.5 Å². The Morgan fingerprint density at radius 1 is 1.50 bits per heavy atom. The van der Waals surface area contributed by atoms with E-state index in [2.05, 4.69) is 36.4 Å². The lowest BCUT2D eigenvalue weighted by molar-refractivity contribution is 0.0117. The maximum Gasteiger partial charge on any atom is 0.116 e. The van der Waals surface area contributed by atoms with Gasteiger partial charge in [0.05, 0.1) is 6.10 Å². The number of ether oxygens (including phenoxy) is 2. The highest BCUT2D eigenvalue weighted by Crippen LogP contribution is 2.30. The maximum absolute atomic E-state index is 5.80. The summed E-state index contributed by atoms with van der Waals surface area (Å²) in [7, 11) is 1.70. The number of rotatable bonds is 7. The average molecular weight is 335 g/mol. The fourth-order valence-corrected chi connectivity index (χ4v) is 2.95. The van der Waals surface area contributed by atoms with Crippen LogP contribution in [0.2, 0.25) is 0 Å². The third-order valence-electron chi connectivity index (χ3n) is 2.22. The molecule has 0 aliphatic rings. The van der Waals surface area contributed by atoms with E-state index in [1.54, 1.807) is 7.11 Å². The number of methoxy groups -OCH3 is 1. The lowest BCUT2D eigenvalue weighted by Gasteiger charge is -2.29. The number of hydrogen-bond donors (Lipinski definition) is 0. The number of hydrogen-bond acceptors (Lipinski definition) is 2. The van der Waals surface area contributed by atoms with Gasteiger partial charge in [0, 0.05) is 19.6 Å². The van der Waals surface area contributed by atoms with Crippen molar-refractivity contribution in [3.8, 4) is 0 Å². The number of halogens is 2. The van der Waals surface area contributed by atoms with Crippen LogP contribution in [0.5, 0.6) is 0 Å². The molecule has 0 aromatic rings. The molecule has 0 aliphatic heterocycles. The zero-order chi connectivity index (χ0) is 11.2. The van der Waals surface area contributed by atoms with Crippen LogP contribution in [-0.4, -0.2) is 29.3 Å². The molecule has 0 aliphatic carbocycles. The van der Waals surface area contributed by atoms with Crippen LogP contribution in [0.4, 0.5) is 0 Å². The minimum absolute atomic E-state index is 0.116. The van der Waals surface area contributed by atoms with Crippen LogP contribution in [0.1, 0.15) is 27.2 Å². The van der Waals surface area contributed by atoms with E-state index in [1.807, 2.05) is 6.92 Å². The van der Waals surface area contributed by atoms with E-state index in [0.717, 1.165) is 13.0 Å². The van der Waals surface area contributed by atoms with Crippen molar-refractivity contribution in [1.82, 2.24) is 0 Å². The Balaban J connectivity index is 4.07. The van der Waals surface area contributed by atoms with Crippen LogP contribution in [-0.2, 0) is 9.47 Å². The fraction of sp³-hybridized carbons (Fsp3) is 1.00. The Morgan fingerprint density at radius 2 is 2.07 bits per heavy atom. The molecule has 0 amide bonds. The molecule has 0 aromatic heterocycles. The van der Waals surface area contributed by atoms with E-state index in [4.69, 9.17) is 21.1 Å². The van der Waals surface area contributed by atoms with E-state index in [0.29, 0.717) is 11.8 Å². The maximum atomic E-state index is 5.80. The third kappa shape index (κ3) is 5.73. The second kappa shape index (κ2) is 7.25. The molecule has 0 heterocycles. The molecular formula is C10H20ClIO2. The summed E-state index contributed by atoms with van der Waals surface area (Å²) >= 11 is 8.14. The lowest BCUT2D eigenvalue weighted by atomic mass is 9.99. The smallest absolute Gasteiger partial charge is 0.116 e. The van der Waals surface area contributed by atoms with Crippen molar-refractivity contribution < 1.29 is 9.47 Å². The van der Waals surface area contributed by atoms with Gasteiger partial charge in [-0.3, -0.25) is 0 Å². The van der Waals surface area contributed by atoms with Crippen LogP contribution in [0, 0.1) is 5.92 Å². The SMILES string of the molecule is CCOC(C)(I)C[C@@H](C)C(CCl)OC. The van der Waals surface area contributed by atoms with Crippen molar-refractivity contribution in [3.63, 3.8) is 0 Å². The van der Waals surface area contributed by atoms with Gasteiger partial charge in [-0.1, -0.05) is 6.92 Å². The summed E-state index contributed by atoms with van der Waals surface area (Å²) in [5.74, 6) is 0.946. The van der Waals surface area contributed by atoms with E-state index in [9.17, 15) is 0 Å². The average Bonchev–Trinajstić information content (AvgIpc) is 2.04. The zero-order valence-electron chi connectivity index (χ0n) is 9.35. The Labute approximate surface area is 106 Å². The first-order valence-electron chi connectivity index (χ1n) is 4.88. The minimum Gasteiger partial charge on any atom is -0.380 e. The Kier molecular flexibility index (Phi) is 7.74. The van der Waals surface area contributed by atoms with Crippen molar-refractivity contribution >= 4 is 34.2 Å². The first kappa shape index (κ1) is 14.9. The molecule has 4 heteroatoms.